The number of ether oxygens (including phenoxy) is 1. The van der Waals surface area contributed by atoms with E-state index in [1.165, 1.54) is 5.57 Å². The molecule has 0 unspecified atom stereocenters. The number of allylic oxidation sites excluding steroid dienone is 2. The number of benzene rings is 1. The molecule has 2 nitrogen and oxygen atoms in total. The predicted molar refractivity (Wildman–Crippen MR) is 54.6 cm³/mol. The van der Waals surface area contributed by atoms with E-state index in [0.29, 0.717) is 11.3 Å². The Morgan fingerprint density at radius 2 is 2.07 bits per heavy atom. The van der Waals surface area contributed by atoms with Crippen LogP contribution in [0.4, 0.5) is 0 Å². The Bertz CT molecular complexity index is 385. The summed E-state index contributed by atoms with van der Waals surface area (Å²) in [6, 6.07) is 7.31. The molecule has 1 aliphatic carbocycles. The van der Waals surface area contributed by atoms with Gasteiger partial charge in [0.1, 0.15) is 5.75 Å². The minimum atomic E-state index is 0.0509. The lowest BCUT2D eigenvalue weighted by molar-refractivity contribution is 0.104. The van der Waals surface area contributed by atoms with E-state index in [1.807, 2.05) is 12.1 Å². The van der Waals surface area contributed by atoms with Gasteiger partial charge in [0.15, 0.2) is 5.78 Å². The van der Waals surface area contributed by atoms with E-state index in [0.717, 1.165) is 12.8 Å². The molecule has 2 heteroatoms. The van der Waals surface area contributed by atoms with E-state index < -0.39 is 0 Å². The molecule has 14 heavy (non-hydrogen) atoms. The average Bonchev–Trinajstić information content (AvgIpc) is 3.01. The van der Waals surface area contributed by atoms with Crippen molar-refractivity contribution in [1.82, 2.24) is 0 Å². The second kappa shape index (κ2) is 3.66. The molecule has 0 bridgehead atoms. The highest BCUT2D eigenvalue weighted by atomic mass is 16.5. The van der Waals surface area contributed by atoms with Crippen LogP contribution in [0.3, 0.4) is 0 Å². The minimum Gasteiger partial charge on any atom is -0.496 e. The first kappa shape index (κ1) is 9.00. The molecule has 0 radical (unpaired) electrons. The van der Waals surface area contributed by atoms with E-state index in [-0.39, 0.29) is 5.78 Å². The molecule has 1 aliphatic rings. The monoisotopic (exact) mass is 188 g/mol. The summed E-state index contributed by atoms with van der Waals surface area (Å²) in [5, 5.41) is 0. The zero-order valence-electron chi connectivity index (χ0n) is 8.12. The third kappa shape index (κ3) is 1.84. The summed E-state index contributed by atoms with van der Waals surface area (Å²) in [6.07, 6.45) is 3.86. The third-order valence-electron chi connectivity index (χ3n) is 2.25. The minimum absolute atomic E-state index is 0.0509. The first-order chi connectivity index (χ1) is 6.81. The van der Waals surface area contributed by atoms with Gasteiger partial charge in [-0.25, -0.2) is 0 Å². The molecule has 72 valence electrons. The van der Waals surface area contributed by atoms with Crippen molar-refractivity contribution in [3.05, 3.63) is 41.5 Å². The van der Waals surface area contributed by atoms with Crippen LogP contribution in [0.25, 0.3) is 0 Å². The van der Waals surface area contributed by atoms with Crippen LogP contribution >= 0.6 is 0 Å². The van der Waals surface area contributed by atoms with Crippen molar-refractivity contribution in [2.45, 2.75) is 12.8 Å². The molecule has 0 amide bonds. The average molecular weight is 188 g/mol. The smallest absolute Gasteiger partial charge is 0.189 e. The molecule has 1 aromatic rings. The molecular weight excluding hydrogens is 176 g/mol. The van der Waals surface area contributed by atoms with Gasteiger partial charge in [-0.2, -0.15) is 0 Å². The first-order valence-corrected chi connectivity index (χ1v) is 4.68. The highest BCUT2D eigenvalue weighted by molar-refractivity contribution is 6.07. The zero-order chi connectivity index (χ0) is 9.97. The third-order valence-corrected chi connectivity index (χ3v) is 2.25. The van der Waals surface area contributed by atoms with Gasteiger partial charge in [0, 0.05) is 0 Å². The van der Waals surface area contributed by atoms with Crippen molar-refractivity contribution in [3.63, 3.8) is 0 Å². The van der Waals surface area contributed by atoms with Gasteiger partial charge in [-0.15, -0.1) is 0 Å². The summed E-state index contributed by atoms with van der Waals surface area (Å²) in [4.78, 5) is 11.7. The number of carbonyl (C=O) groups excluding carboxylic acids is 1. The molecule has 1 aromatic carbocycles. The SMILES string of the molecule is COc1ccccc1C(=O)C=C1CC1. The molecule has 0 atom stereocenters. The fourth-order valence-corrected chi connectivity index (χ4v) is 1.33. The summed E-state index contributed by atoms with van der Waals surface area (Å²) in [5.74, 6) is 0.699. The maximum Gasteiger partial charge on any atom is 0.189 e. The number of hydrogen-bond donors (Lipinski definition) is 0. The lowest BCUT2D eigenvalue weighted by atomic mass is 10.1. The highest BCUT2D eigenvalue weighted by Gasteiger charge is 2.15. The van der Waals surface area contributed by atoms with Crippen molar-refractivity contribution < 1.29 is 9.53 Å². The van der Waals surface area contributed by atoms with Crippen LogP contribution in [-0.2, 0) is 0 Å². The Morgan fingerprint density at radius 3 is 2.71 bits per heavy atom. The molecule has 2 rings (SSSR count). The summed E-state index contributed by atoms with van der Waals surface area (Å²) in [7, 11) is 1.58. The summed E-state index contributed by atoms with van der Waals surface area (Å²) >= 11 is 0. The number of hydrogen-bond acceptors (Lipinski definition) is 2. The van der Waals surface area contributed by atoms with Crippen molar-refractivity contribution in [3.8, 4) is 5.75 Å². The van der Waals surface area contributed by atoms with Gasteiger partial charge in [0.05, 0.1) is 12.7 Å². The van der Waals surface area contributed by atoms with Gasteiger partial charge in [-0.3, -0.25) is 4.79 Å². The van der Waals surface area contributed by atoms with Crippen LogP contribution < -0.4 is 4.74 Å². The van der Waals surface area contributed by atoms with Crippen LogP contribution in [0.15, 0.2) is 35.9 Å². The normalized spacial score (nSPS) is 13.6. The van der Waals surface area contributed by atoms with Crippen LogP contribution in [0.1, 0.15) is 23.2 Å². The second-order valence-electron chi connectivity index (χ2n) is 3.37. The fraction of sp³-hybridized carbons (Fsp3) is 0.250. The maximum absolute atomic E-state index is 11.7. The van der Waals surface area contributed by atoms with Crippen molar-refractivity contribution in [1.29, 1.82) is 0 Å². The van der Waals surface area contributed by atoms with Gasteiger partial charge < -0.3 is 4.74 Å². The Balaban J connectivity index is 2.30. The van der Waals surface area contributed by atoms with E-state index >= 15 is 0 Å². The molecule has 1 saturated carbocycles. The maximum atomic E-state index is 11.7. The Kier molecular flexibility index (Phi) is 2.35. The summed E-state index contributed by atoms with van der Waals surface area (Å²) < 4.78 is 5.12. The van der Waals surface area contributed by atoms with Gasteiger partial charge >= 0.3 is 0 Å². The van der Waals surface area contributed by atoms with Gasteiger partial charge in [-0.1, -0.05) is 17.7 Å². The lowest BCUT2D eigenvalue weighted by Crippen LogP contribution is -1.98. The number of methoxy groups -OCH3 is 1. The number of para-hydroxylation sites is 1. The zero-order valence-corrected chi connectivity index (χ0v) is 8.12. The van der Waals surface area contributed by atoms with Crippen LogP contribution in [0, 0.1) is 0 Å². The summed E-state index contributed by atoms with van der Waals surface area (Å²) in [5.41, 5.74) is 1.88. The second-order valence-corrected chi connectivity index (χ2v) is 3.37. The molecule has 0 aliphatic heterocycles. The van der Waals surface area contributed by atoms with Crippen molar-refractivity contribution in [2.24, 2.45) is 0 Å². The van der Waals surface area contributed by atoms with Gasteiger partial charge in [0.25, 0.3) is 0 Å². The molecule has 0 heterocycles. The number of rotatable bonds is 3. The van der Waals surface area contributed by atoms with Crippen LogP contribution in [0.2, 0.25) is 0 Å². The number of carbonyl (C=O) groups is 1. The Morgan fingerprint density at radius 1 is 1.36 bits per heavy atom. The topological polar surface area (TPSA) is 26.3 Å². The largest absolute Gasteiger partial charge is 0.496 e. The van der Waals surface area contributed by atoms with Crippen molar-refractivity contribution >= 4 is 5.78 Å². The molecule has 1 fully saturated rings. The van der Waals surface area contributed by atoms with E-state index in [4.69, 9.17) is 4.74 Å². The van der Waals surface area contributed by atoms with Crippen LogP contribution in [0.5, 0.6) is 5.75 Å². The predicted octanol–water partition coefficient (Wildman–Crippen LogP) is 2.60. The molecular formula is C12H12O2. The lowest BCUT2D eigenvalue weighted by Gasteiger charge is -2.03. The van der Waals surface area contributed by atoms with Gasteiger partial charge in [-0.05, 0) is 31.1 Å². The van der Waals surface area contributed by atoms with E-state index in [2.05, 4.69) is 0 Å². The molecule has 0 N–H and O–H groups in total. The molecule has 0 aromatic heterocycles. The summed E-state index contributed by atoms with van der Waals surface area (Å²) in [6.45, 7) is 0. The van der Waals surface area contributed by atoms with Gasteiger partial charge in [0.2, 0.25) is 0 Å². The Labute approximate surface area is 83.2 Å². The fourth-order valence-electron chi connectivity index (χ4n) is 1.33. The number of ketones is 1. The van der Waals surface area contributed by atoms with Crippen molar-refractivity contribution in [2.75, 3.05) is 7.11 Å². The standard InChI is InChI=1S/C12H12O2/c1-14-12-5-3-2-4-10(12)11(13)8-9-6-7-9/h2-5,8H,6-7H2,1H3. The van der Waals surface area contributed by atoms with E-state index in [9.17, 15) is 4.79 Å². The molecule has 0 saturated heterocycles. The first-order valence-electron chi connectivity index (χ1n) is 4.68. The van der Waals surface area contributed by atoms with E-state index in [1.54, 1.807) is 25.3 Å². The Hall–Kier alpha value is -1.57. The van der Waals surface area contributed by atoms with Crippen LogP contribution in [-0.4, -0.2) is 12.9 Å². The quantitative estimate of drug-likeness (QED) is 0.538. The molecule has 0 spiro atoms. The highest BCUT2D eigenvalue weighted by Crippen LogP contribution is 2.29.